The predicted octanol–water partition coefficient (Wildman–Crippen LogP) is 5.70. The van der Waals surface area contributed by atoms with Gasteiger partial charge in [0, 0.05) is 0 Å². The number of hydrogen-bond acceptors (Lipinski definition) is 4. The molecule has 4 heteroatoms. The molecule has 0 aliphatic rings. The summed E-state index contributed by atoms with van der Waals surface area (Å²) >= 11 is 0. The second-order valence-corrected chi connectivity index (χ2v) is 8.22. The number of methoxy groups -OCH3 is 1. The Bertz CT molecular complexity index is 959. The molecule has 0 aliphatic heterocycles. The Morgan fingerprint density at radius 3 is 2.27 bits per heavy atom. The van der Waals surface area contributed by atoms with E-state index in [4.69, 9.17) is 9.47 Å². The van der Waals surface area contributed by atoms with E-state index in [2.05, 4.69) is 67.7 Å². The fraction of sp³-hybridized carbons (Fsp3) is 0.269. The molecule has 0 saturated heterocycles. The Morgan fingerprint density at radius 1 is 0.867 bits per heavy atom. The van der Waals surface area contributed by atoms with Gasteiger partial charge in [0.1, 0.15) is 6.61 Å². The van der Waals surface area contributed by atoms with Crippen LogP contribution < -0.4 is 14.9 Å². The summed E-state index contributed by atoms with van der Waals surface area (Å²) in [4.78, 5) is 0. The minimum Gasteiger partial charge on any atom is -0.493 e. The van der Waals surface area contributed by atoms with Crippen LogP contribution in [0.2, 0.25) is 0 Å². The molecule has 0 saturated carbocycles. The van der Waals surface area contributed by atoms with Gasteiger partial charge >= 0.3 is 0 Å². The van der Waals surface area contributed by atoms with E-state index in [-0.39, 0.29) is 5.41 Å². The third kappa shape index (κ3) is 6.11. The molecule has 0 bridgehead atoms. The minimum atomic E-state index is 0.149. The Balaban J connectivity index is 1.58. The van der Waals surface area contributed by atoms with Gasteiger partial charge in [-0.25, -0.2) is 0 Å². The molecular weight excluding hydrogens is 372 g/mol. The number of hydrazone groups is 1. The van der Waals surface area contributed by atoms with Crippen LogP contribution in [-0.2, 0) is 18.6 Å². The van der Waals surface area contributed by atoms with Crippen LogP contribution in [0.25, 0.3) is 0 Å². The molecule has 0 amide bonds. The van der Waals surface area contributed by atoms with Crippen molar-refractivity contribution in [1.29, 1.82) is 0 Å². The van der Waals surface area contributed by atoms with Crippen LogP contribution >= 0.6 is 0 Å². The maximum atomic E-state index is 5.99. The second kappa shape index (κ2) is 9.97. The van der Waals surface area contributed by atoms with Crippen LogP contribution in [0.3, 0.4) is 0 Å². The summed E-state index contributed by atoms with van der Waals surface area (Å²) in [6.45, 7) is 7.82. The van der Waals surface area contributed by atoms with Crippen LogP contribution in [0.4, 0.5) is 0 Å². The zero-order valence-corrected chi connectivity index (χ0v) is 18.2. The molecular formula is C26H30N2O2. The number of ether oxygens (including phenoxy) is 2. The molecule has 0 atom stereocenters. The Hall–Kier alpha value is -3.27. The van der Waals surface area contributed by atoms with Crippen LogP contribution in [0.1, 0.15) is 43.0 Å². The van der Waals surface area contributed by atoms with Crippen molar-refractivity contribution in [1.82, 2.24) is 5.43 Å². The first-order valence-electron chi connectivity index (χ1n) is 10.2. The molecule has 0 heterocycles. The standard InChI is InChI=1S/C26H30N2O2/c1-26(2,3)23-13-10-21(11-14-23)19-30-24-15-12-22(16-25(24)29-4)18-28-27-17-20-8-6-5-7-9-20/h5-16,18,27H,17,19H2,1-4H3. The fourth-order valence-electron chi connectivity index (χ4n) is 3.00. The van der Waals surface area contributed by atoms with Gasteiger partial charge in [-0.1, -0.05) is 75.4 Å². The van der Waals surface area contributed by atoms with Gasteiger partial charge in [0.05, 0.1) is 19.9 Å². The Labute approximate surface area is 179 Å². The van der Waals surface area contributed by atoms with Crippen molar-refractivity contribution in [2.24, 2.45) is 5.10 Å². The number of nitrogens with zero attached hydrogens (tertiary/aromatic N) is 1. The minimum absolute atomic E-state index is 0.149. The molecule has 3 rings (SSSR count). The molecule has 4 nitrogen and oxygen atoms in total. The highest BCUT2D eigenvalue weighted by atomic mass is 16.5. The van der Waals surface area contributed by atoms with Crippen molar-refractivity contribution >= 4 is 6.21 Å². The summed E-state index contributed by atoms with van der Waals surface area (Å²) in [7, 11) is 1.65. The SMILES string of the molecule is COc1cc(C=NNCc2ccccc2)ccc1OCc1ccc(C(C)(C)C)cc1. The lowest BCUT2D eigenvalue weighted by molar-refractivity contribution is 0.284. The highest BCUT2D eigenvalue weighted by Gasteiger charge is 2.13. The van der Waals surface area contributed by atoms with Gasteiger partial charge in [0.15, 0.2) is 11.5 Å². The Morgan fingerprint density at radius 2 is 1.60 bits per heavy atom. The fourth-order valence-corrected chi connectivity index (χ4v) is 3.00. The van der Waals surface area contributed by atoms with E-state index < -0.39 is 0 Å². The van der Waals surface area contributed by atoms with Crippen molar-refractivity contribution in [3.8, 4) is 11.5 Å². The molecule has 3 aromatic carbocycles. The maximum absolute atomic E-state index is 5.99. The second-order valence-electron chi connectivity index (χ2n) is 8.22. The van der Waals surface area contributed by atoms with Crippen molar-refractivity contribution < 1.29 is 9.47 Å². The average molecular weight is 403 g/mol. The first-order chi connectivity index (χ1) is 14.5. The van der Waals surface area contributed by atoms with Crippen LogP contribution in [-0.4, -0.2) is 13.3 Å². The van der Waals surface area contributed by atoms with Crippen LogP contribution in [0, 0.1) is 0 Å². The molecule has 0 unspecified atom stereocenters. The summed E-state index contributed by atoms with van der Waals surface area (Å²) in [5, 5.41) is 4.29. The van der Waals surface area contributed by atoms with Gasteiger partial charge in [-0.2, -0.15) is 5.10 Å². The molecule has 0 fully saturated rings. The van der Waals surface area contributed by atoms with Crippen molar-refractivity contribution in [3.63, 3.8) is 0 Å². The molecule has 0 aromatic heterocycles. The molecule has 1 N–H and O–H groups in total. The van der Waals surface area contributed by atoms with Gasteiger partial charge < -0.3 is 14.9 Å². The van der Waals surface area contributed by atoms with E-state index in [1.54, 1.807) is 13.3 Å². The quantitative estimate of drug-likeness (QED) is 0.388. The lowest BCUT2D eigenvalue weighted by atomic mass is 9.87. The van der Waals surface area contributed by atoms with Gasteiger partial charge in [-0.05, 0) is 45.9 Å². The molecule has 3 aromatic rings. The smallest absolute Gasteiger partial charge is 0.161 e. The summed E-state index contributed by atoms with van der Waals surface area (Å²) in [6, 6.07) is 24.5. The first kappa shape index (κ1) is 21.4. The molecule has 30 heavy (non-hydrogen) atoms. The van der Waals surface area contributed by atoms with E-state index in [0.29, 0.717) is 24.7 Å². The van der Waals surface area contributed by atoms with Crippen molar-refractivity contribution in [2.75, 3.05) is 7.11 Å². The third-order valence-electron chi connectivity index (χ3n) is 4.83. The largest absolute Gasteiger partial charge is 0.493 e. The number of hydrogen-bond donors (Lipinski definition) is 1. The van der Waals surface area contributed by atoms with Crippen LogP contribution in [0.15, 0.2) is 77.9 Å². The maximum Gasteiger partial charge on any atom is 0.161 e. The predicted molar refractivity (Wildman–Crippen MR) is 123 cm³/mol. The zero-order valence-electron chi connectivity index (χ0n) is 18.2. The van der Waals surface area contributed by atoms with Gasteiger partial charge in [0.2, 0.25) is 0 Å². The molecule has 156 valence electrons. The van der Waals surface area contributed by atoms with Gasteiger partial charge in [-0.15, -0.1) is 0 Å². The number of benzene rings is 3. The highest BCUT2D eigenvalue weighted by molar-refractivity contribution is 5.80. The monoisotopic (exact) mass is 402 g/mol. The summed E-state index contributed by atoms with van der Waals surface area (Å²) in [5.74, 6) is 1.40. The normalized spacial score (nSPS) is 11.5. The van der Waals surface area contributed by atoms with Gasteiger partial charge in [0.25, 0.3) is 0 Å². The zero-order chi connectivity index (χ0) is 21.4. The van der Waals surface area contributed by atoms with Crippen molar-refractivity contribution in [2.45, 2.75) is 39.3 Å². The highest BCUT2D eigenvalue weighted by Crippen LogP contribution is 2.29. The number of nitrogens with one attached hydrogen (secondary N) is 1. The van der Waals surface area contributed by atoms with E-state index in [0.717, 1.165) is 11.1 Å². The average Bonchev–Trinajstić information content (AvgIpc) is 2.76. The lowest BCUT2D eigenvalue weighted by Gasteiger charge is -2.19. The van der Waals surface area contributed by atoms with Gasteiger partial charge in [-0.3, -0.25) is 0 Å². The lowest BCUT2D eigenvalue weighted by Crippen LogP contribution is -2.10. The summed E-state index contributed by atoms with van der Waals surface area (Å²) in [5.41, 5.74) is 7.77. The molecule has 0 radical (unpaired) electrons. The first-order valence-corrected chi connectivity index (χ1v) is 10.2. The van der Waals surface area contributed by atoms with Crippen molar-refractivity contribution in [3.05, 3.63) is 95.1 Å². The van der Waals surface area contributed by atoms with Crippen LogP contribution in [0.5, 0.6) is 11.5 Å². The molecule has 0 aliphatic carbocycles. The topological polar surface area (TPSA) is 42.8 Å². The Kier molecular flexibility index (Phi) is 7.12. The molecule has 0 spiro atoms. The number of rotatable bonds is 8. The van der Waals surface area contributed by atoms with E-state index in [1.165, 1.54) is 11.1 Å². The third-order valence-corrected chi connectivity index (χ3v) is 4.83. The summed E-state index contributed by atoms with van der Waals surface area (Å²) in [6.07, 6.45) is 1.78. The van der Waals surface area contributed by atoms with E-state index >= 15 is 0 Å². The summed E-state index contributed by atoms with van der Waals surface area (Å²) < 4.78 is 11.5. The van der Waals surface area contributed by atoms with E-state index in [1.807, 2.05) is 36.4 Å². The van der Waals surface area contributed by atoms with E-state index in [9.17, 15) is 0 Å².